The summed E-state index contributed by atoms with van der Waals surface area (Å²) in [6.45, 7) is 10.8. The molecule has 0 bridgehead atoms. The van der Waals surface area contributed by atoms with Gasteiger partial charge >= 0.3 is 11.7 Å². The van der Waals surface area contributed by atoms with Gasteiger partial charge in [-0.15, -0.1) is 0 Å². The molecule has 13 nitrogen and oxygen atoms in total. The van der Waals surface area contributed by atoms with Crippen molar-refractivity contribution in [2.75, 3.05) is 57.6 Å². The van der Waals surface area contributed by atoms with Crippen LogP contribution in [-0.2, 0) is 14.3 Å². The van der Waals surface area contributed by atoms with Crippen LogP contribution in [0.4, 0.5) is 5.95 Å². The molecule has 0 unspecified atom stereocenters. The number of nitro groups is 1. The van der Waals surface area contributed by atoms with Gasteiger partial charge in [0.25, 0.3) is 0 Å². The van der Waals surface area contributed by atoms with Gasteiger partial charge in [0.1, 0.15) is 5.95 Å². The third-order valence-electron chi connectivity index (χ3n) is 3.99. The van der Waals surface area contributed by atoms with E-state index in [0.717, 1.165) is 26.3 Å². The number of nitrogens with zero attached hydrogens (tertiary/aromatic N) is 6. The number of ether oxygens (including phenoxy) is 2. The molecule has 0 aromatic carbocycles. The number of rotatable bonds is 2. The first kappa shape index (κ1) is 22.6. The van der Waals surface area contributed by atoms with Crippen molar-refractivity contribution < 1.29 is 24.5 Å². The van der Waals surface area contributed by atoms with Crippen LogP contribution in [0.2, 0.25) is 0 Å². The summed E-state index contributed by atoms with van der Waals surface area (Å²) in [5, 5.41) is 24.9. The molecular formula is C16H28N8O5. The number of quaternary nitrogens is 1. The van der Waals surface area contributed by atoms with Crippen LogP contribution in [0.15, 0.2) is 5.10 Å². The fourth-order valence-corrected chi connectivity index (χ4v) is 2.52. The number of carbonyl (C=O) groups excluding carboxylic acids is 1. The molecule has 1 aromatic heterocycles. The van der Waals surface area contributed by atoms with Crippen molar-refractivity contribution in [2.24, 2.45) is 5.10 Å². The van der Waals surface area contributed by atoms with E-state index < -0.39 is 22.2 Å². The first-order valence-corrected chi connectivity index (χ1v) is 9.39. The Kier molecular flexibility index (Phi) is 8.42. The van der Waals surface area contributed by atoms with Crippen molar-refractivity contribution in [1.29, 1.82) is 0 Å². The molecule has 2 saturated heterocycles. The zero-order valence-electron chi connectivity index (χ0n) is 17.0. The Hall–Kier alpha value is -2.64. The van der Waals surface area contributed by atoms with E-state index in [1.54, 1.807) is 20.8 Å². The van der Waals surface area contributed by atoms with E-state index in [1.165, 1.54) is 9.91 Å². The Labute approximate surface area is 168 Å². The average molecular weight is 412 g/mol. The zero-order valence-corrected chi connectivity index (χ0v) is 17.0. The smallest absolute Gasteiger partial charge is 0.397 e. The van der Waals surface area contributed by atoms with Crippen LogP contribution in [0.5, 0.6) is 0 Å². The number of hydrazone groups is 1. The average Bonchev–Trinajstić information content (AvgIpc) is 3.23. The second-order valence-corrected chi connectivity index (χ2v) is 7.31. The molecule has 0 radical (unpaired) electrons. The maximum Gasteiger partial charge on any atom is 0.451 e. The van der Waals surface area contributed by atoms with Crippen molar-refractivity contribution in [3.63, 3.8) is 0 Å². The topological polar surface area (TPSA) is 156 Å². The minimum atomic E-state index is -0.795. The fraction of sp³-hybridized carbons (Fsp3) is 0.750. The van der Waals surface area contributed by atoms with Gasteiger partial charge < -0.3 is 39.9 Å². The molecule has 29 heavy (non-hydrogen) atoms. The summed E-state index contributed by atoms with van der Waals surface area (Å²) in [7, 11) is 0. The van der Waals surface area contributed by atoms with Crippen LogP contribution in [0.25, 0.3) is 0 Å². The number of morpholine rings is 2. The minimum Gasteiger partial charge on any atom is -0.397 e. The largest absolute Gasteiger partial charge is 0.451 e. The lowest BCUT2D eigenvalue weighted by molar-refractivity contribution is -0.670. The molecule has 2 fully saturated rings. The van der Waals surface area contributed by atoms with Gasteiger partial charge in [-0.3, -0.25) is 9.89 Å². The van der Waals surface area contributed by atoms with Crippen molar-refractivity contribution >= 4 is 17.7 Å². The summed E-state index contributed by atoms with van der Waals surface area (Å²) in [6, 6.07) is 0. The lowest BCUT2D eigenvalue weighted by Crippen LogP contribution is -2.87. The third-order valence-corrected chi connectivity index (χ3v) is 3.99. The second kappa shape index (κ2) is 10.8. The van der Waals surface area contributed by atoms with E-state index in [9.17, 15) is 14.9 Å². The molecule has 3 N–H and O–H groups in total. The number of H-pyrrole nitrogens is 1. The minimum absolute atomic E-state index is 0.159. The molecule has 1 amide bonds. The third kappa shape index (κ3) is 7.03. The number of nitrogens with one attached hydrogen (secondary N) is 1. The second-order valence-electron chi connectivity index (χ2n) is 7.31. The number of hydrogen-bond acceptors (Lipinski definition) is 9. The Morgan fingerprint density at radius 2 is 1.90 bits per heavy atom. The molecule has 3 rings (SSSR count). The number of hydrogen-bond donors (Lipinski definition) is 2. The van der Waals surface area contributed by atoms with Gasteiger partial charge in [0, 0.05) is 13.1 Å². The highest BCUT2D eigenvalue weighted by molar-refractivity contribution is 6.34. The molecule has 2 aliphatic rings. The lowest BCUT2D eigenvalue weighted by atomic mass is 10.1. The quantitative estimate of drug-likeness (QED) is 0.190. The van der Waals surface area contributed by atoms with Crippen molar-refractivity contribution in [3.05, 3.63) is 16.4 Å². The number of aromatic amines is 1. The molecule has 0 aliphatic carbocycles. The van der Waals surface area contributed by atoms with Gasteiger partial charge in [0.2, 0.25) is 0 Å². The van der Waals surface area contributed by atoms with Crippen LogP contribution in [0.1, 0.15) is 20.8 Å². The summed E-state index contributed by atoms with van der Waals surface area (Å²) >= 11 is 0. The molecular weight excluding hydrogens is 384 g/mol. The van der Waals surface area contributed by atoms with Gasteiger partial charge in [-0.1, -0.05) is 0 Å². The van der Waals surface area contributed by atoms with Crippen molar-refractivity contribution in [1.82, 2.24) is 20.1 Å². The summed E-state index contributed by atoms with van der Waals surface area (Å²) in [5.74, 6) is -1.37. The molecule has 13 heteroatoms. The number of nitrogens with two attached hydrogens (primary N) is 1. The van der Waals surface area contributed by atoms with E-state index in [1.807, 2.05) is 0 Å². The molecule has 2 aliphatic heterocycles. The normalized spacial score (nSPS) is 17.9. The molecule has 0 spiro atoms. The van der Waals surface area contributed by atoms with E-state index >= 15 is 0 Å². The predicted molar refractivity (Wildman–Crippen MR) is 102 cm³/mol. The van der Waals surface area contributed by atoms with Crippen LogP contribution in [0, 0.1) is 16.4 Å². The number of amidine groups is 1. The Morgan fingerprint density at radius 3 is 2.31 bits per heavy atom. The monoisotopic (exact) mass is 412 g/mol. The standard InChI is InChI=1S/C12H18N7O4.C4H9NO/c1-12(2,3)18(11-13-8-14-15-11)16-9(19(21)22)10(20)17-4-6-23-7-5-17;1-3-6-4-2-5-1/h4-7H2,1-3H3,(H,13,14,15);5H,1-4H2/q-1;/p+1. The van der Waals surface area contributed by atoms with E-state index in [2.05, 4.69) is 31.9 Å². The SMILES string of the molecule is C1COCC[NH2+]1.CC(C)(C)N(N=C(C(=O)N1CCOCC1)[N+](=O)[O-])c1n[c-]n[nH]1. The van der Waals surface area contributed by atoms with E-state index in [4.69, 9.17) is 9.47 Å². The van der Waals surface area contributed by atoms with Crippen LogP contribution >= 0.6 is 0 Å². The zero-order chi connectivity index (χ0) is 21.3. The molecule has 1 aromatic rings. The summed E-state index contributed by atoms with van der Waals surface area (Å²) in [6.07, 6.45) is 2.33. The fourth-order valence-electron chi connectivity index (χ4n) is 2.52. The van der Waals surface area contributed by atoms with Crippen LogP contribution in [-0.4, -0.2) is 94.9 Å². The van der Waals surface area contributed by atoms with Gasteiger partial charge in [0.15, 0.2) is 0 Å². The highest BCUT2D eigenvalue weighted by atomic mass is 16.6. The first-order valence-electron chi connectivity index (χ1n) is 9.39. The summed E-state index contributed by atoms with van der Waals surface area (Å²) in [5.41, 5.74) is -0.667. The van der Waals surface area contributed by atoms with Gasteiger partial charge in [-0.2, -0.15) is 0 Å². The van der Waals surface area contributed by atoms with Crippen LogP contribution < -0.4 is 10.3 Å². The first-order chi connectivity index (χ1) is 13.8. The number of carbonyl (C=O) groups is 1. The molecule has 3 heterocycles. The molecule has 0 saturated carbocycles. The summed E-state index contributed by atoms with van der Waals surface area (Å²) in [4.78, 5) is 28.1. The van der Waals surface area contributed by atoms with E-state index in [0.29, 0.717) is 13.2 Å². The number of aromatic nitrogens is 3. The number of anilines is 1. The van der Waals surface area contributed by atoms with E-state index in [-0.39, 0.29) is 19.0 Å². The predicted octanol–water partition coefficient (Wildman–Crippen LogP) is -1.76. The number of amides is 1. The Balaban J connectivity index is 0.000000426. The molecule has 0 atom stereocenters. The maximum absolute atomic E-state index is 12.4. The highest BCUT2D eigenvalue weighted by Gasteiger charge is 2.35. The van der Waals surface area contributed by atoms with Crippen molar-refractivity contribution in [2.45, 2.75) is 26.3 Å². The molecule has 162 valence electrons. The Morgan fingerprint density at radius 1 is 1.28 bits per heavy atom. The van der Waals surface area contributed by atoms with Crippen molar-refractivity contribution in [3.8, 4) is 0 Å². The highest BCUT2D eigenvalue weighted by Crippen LogP contribution is 2.20. The summed E-state index contributed by atoms with van der Waals surface area (Å²) < 4.78 is 10.2. The lowest BCUT2D eigenvalue weighted by Gasteiger charge is -2.30. The van der Waals surface area contributed by atoms with Gasteiger partial charge in [0.05, 0.1) is 50.2 Å². The van der Waals surface area contributed by atoms with Gasteiger partial charge in [-0.05, 0) is 32.0 Å². The maximum atomic E-state index is 12.4. The van der Waals surface area contributed by atoms with Gasteiger partial charge in [-0.25, -0.2) is 5.01 Å². The Bertz CT molecular complexity index is 666. The van der Waals surface area contributed by atoms with Crippen LogP contribution in [0.3, 0.4) is 0 Å².